The molecular weight excluding hydrogens is 506 g/mol. The Bertz CT molecular complexity index is 758. The van der Waals surface area contributed by atoms with Crippen molar-refractivity contribution in [3.63, 3.8) is 0 Å². The molecule has 0 saturated carbocycles. The van der Waals surface area contributed by atoms with Gasteiger partial charge in [-0.15, -0.1) is 24.0 Å². The van der Waals surface area contributed by atoms with Crippen LogP contribution in [0.3, 0.4) is 0 Å². The van der Waals surface area contributed by atoms with Crippen molar-refractivity contribution in [2.24, 2.45) is 10.7 Å². The summed E-state index contributed by atoms with van der Waals surface area (Å²) in [6.45, 7) is 2.62. The van der Waals surface area contributed by atoms with Crippen LogP contribution in [0.25, 0.3) is 0 Å². The monoisotopic (exact) mass is 529 g/mol. The van der Waals surface area contributed by atoms with Crippen molar-refractivity contribution in [1.29, 1.82) is 0 Å². The molecular formula is C17H23F3IN5O3. The number of halogens is 4. The third kappa shape index (κ3) is 7.25. The second kappa shape index (κ2) is 11.7. The maximum Gasteiger partial charge on any atom is 0.409 e. The van der Waals surface area contributed by atoms with Gasteiger partial charge in [-0.05, 0) is 31.9 Å². The van der Waals surface area contributed by atoms with Gasteiger partial charge in [0.05, 0.1) is 12.3 Å². The molecule has 0 bridgehead atoms. The van der Waals surface area contributed by atoms with E-state index in [2.05, 4.69) is 15.6 Å². The molecule has 8 nitrogen and oxygen atoms in total. The van der Waals surface area contributed by atoms with Crippen LogP contribution < -0.4 is 16.4 Å². The number of nitrogens with zero attached hydrogens (tertiary/aromatic N) is 2. The van der Waals surface area contributed by atoms with Gasteiger partial charge in [0.15, 0.2) is 23.4 Å². The van der Waals surface area contributed by atoms with Crippen LogP contribution in [0.4, 0.5) is 23.7 Å². The van der Waals surface area contributed by atoms with E-state index in [4.69, 9.17) is 10.5 Å². The van der Waals surface area contributed by atoms with Gasteiger partial charge in [0.1, 0.15) is 6.54 Å². The summed E-state index contributed by atoms with van der Waals surface area (Å²) >= 11 is 0. The van der Waals surface area contributed by atoms with Crippen molar-refractivity contribution < 1.29 is 27.5 Å². The van der Waals surface area contributed by atoms with Gasteiger partial charge in [0.25, 0.3) is 0 Å². The van der Waals surface area contributed by atoms with Crippen molar-refractivity contribution in [3.8, 4) is 0 Å². The molecule has 1 saturated heterocycles. The number of anilines is 1. The molecule has 1 aromatic rings. The molecule has 1 aliphatic heterocycles. The summed E-state index contributed by atoms with van der Waals surface area (Å²) in [5.41, 5.74) is 5.24. The number of nitrogens with one attached hydrogen (secondary N) is 2. The standard InChI is InChI=1S/C17H22F3N5O3.HI/c1-2-28-17(27)25-7-5-10(6-8-25)23-16(21)22-9-13(26)24-12-4-3-11(18)14(19)15(12)20;/h3-4,10H,2,5-9H2,1H3,(H,24,26)(H3,21,22,23);1H. The van der Waals surface area contributed by atoms with E-state index in [0.717, 1.165) is 6.07 Å². The molecule has 0 unspecified atom stereocenters. The van der Waals surface area contributed by atoms with Crippen molar-refractivity contribution in [3.05, 3.63) is 29.6 Å². The van der Waals surface area contributed by atoms with Crippen LogP contribution in [-0.4, -0.2) is 55.1 Å². The molecule has 1 aromatic carbocycles. The SMILES string of the molecule is CCOC(=O)N1CCC(NC(N)=NCC(=O)Nc2ccc(F)c(F)c2F)CC1.I. The number of hydrogen-bond donors (Lipinski definition) is 3. The van der Waals surface area contributed by atoms with E-state index in [1.165, 1.54) is 0 Å². The van der Waals surface area contributed by atoms with Gasteiger partial charge in [0.2, 0.25) is 5.91 Å². The lowest BCUT2D eigenvalue weighted by Crippen LogP contribution is -2.48. The number of amides is 2. The molecule has 0 aromatic heterocycles. The molecule has 1 fully saturated rings. The molecule has 2 amide bonds. The van der Waals surface area contributed by atoms with Crippen LogP contribution in [0, 0.1) is 17.5 Å². The van der Waals surface area contributed by atoms with Crippen LogP contribution in [0.15, 0.2) is 17.1 Å². The Morgan fingerprint density at radius 1 is 1.24 bits per heavy atom. The van der Waals surface area contributed by atoms with E-state index in [1.807, 2.05) is 0 Å². The number of ether oxygens (including phenoxy) is 1. The predicted molar refractivity (Wildman–Crippen MR) is 112 cm³/mol. The average Bonchev–Trinajstić information content (AvgIpc) is 2.67. The summed E-state index contributed by atoms with van der Waals surface area (Å²) in [6, 6.07) is 1.59. The highest BCUT2D eigenvalue weighted by atomic mass is 127. The lowest BCUT2D eigenvalue weighted by molar-refractivity contribution is -0.114. The molecule has 1 heterocycles. The van der Waals surface area contributed by atoms with Crippen LogP contribution in [0.1, 0.15) is 19.8 Å². The number of likely N-dealkylation sites (tertiary alicyclic amines) is 1. The first kappa shape index (κ1) is 24.8. The average molecular weight is 529 g/mol. The summed E-state index contributed by atoms with van der Waals surface area (Å²) in [7, 11) is 0. The Kier molecular flexibility index (Phi) is 9.98. The summed E-state index contributed by atoms with van der Waals surface area (Å²) < 4.78 is 44.5. The lowest BCUT2D eigenvalue weighted by atomic mass is 10.1. The fourth-order valence-electron chi connectivity index (χ4n) is 2.65. The Balaban J connectivity index is 0.00000420. The number of guanidine groups is 1. The number of carbonyl (C=O) groups excluding carboxylic acids is 2. The molecule has 0 radical (unpaired) electrons. The van der Waals surface area contributed by atoms with E-state index in [9.17, 15) is 22.8 Å². The van der Waals surface area contributed by atoms with Gasteiger partial charge in [-0.3, -0.25) is 4.79 Å². The lowest BCUT2D eigenvalue weighted by Gasteiger charge is -2.31. The van der Waals surface area contributed by atoms with Gasteiger partial charge in [0, 0.05) is 19.1 Å². The minimum atomic E-state index is -1.67. The molecule has 0 spiro atoms. The number of rotatable bonds is 5. The van der Waals surface area contributed by atoms with Crippen molar-refractivity contribution in [1.82, 2.24) is 10.2 Å². The predicted octanol–water partition coefficient (Wildman–Crippen LogP) is 2.19. The molecule has 0 atom stereocenters. The van der Waals surface area contributed by atoms with Gasteiger partial charge >= 0.3 is 6.09 Å². The fraction of sp³-hybridized carbons (Fsp3) is 0.471. The number of aliphatic imine (C=N–C) groups is 1. The zero-order chi connectivity index (χ0) is 20.7. The molecule has 4 N–H and O–H groups in total. The highest BCUT2D eigenvalue weighted by Crippen LogP contribution is 2.19. The molecule has 2 rings (SSSR count). The summed E-state index contributed by atoms with van der Waals surface area (Å²) in [6.07, 6.45) is 0.895. The van der Waals surface area contributed by atoms with Crippen LogP contribution in [-0.2, 0) is 9.53 Å². The minimum absolute atomic E-state index is 0. The van der Waals surface area contributed by atoms with Crippen LogP contribution in [0.5, 0.6) is 0 Å². The number of carbonyl (C=O) groups is 2. The van der Waals surface area contributed by atoms with Crippen molar-refractivity contribution in [2.45, 2.75) is 25.8 Å². The molecule has 1 aliphatic rings. The smallest absolute Gasteiger partial charge is 0.409 e. The Hall–Kier alpha value is -2.25. The highest BCUT2D eigenvalue weighted by Gasteiger charge is 2.23. The third-order valence-electron chi connectivity index (χ3n) is 4.08. The van der Waals surface area contributed by atoms with Gasteiger partial charge in [-0.1, -0.05) is 0 Å². The zero-order valence-electron chi connectivity index (χ0n) is 15.7. The minimum Gasteiger partial charge on any atom is -0.450 e. The van der Waals surface area contributed by atoms with Gasteiger partial charge < -0.3 is 26.0 Å². The number of piperidine rings is 1. The first-order valence-corrected chi connectivity index (χ1v) is 8.73. The van der Waals surface area contributed by atoms with Crippen LogP contribution >= 0.6 is 24.0 Å². The maximum atomic E-state index is 13.5. The second-order valence-electron chi connectivity index (χ2n) is 6.08. The van der Waals surface area contributed by atoms with Gasteiger partial charge in [-0.25, -0.2) is 23.0 Å². The molecule has 29 heavy (non-hydrogen) atoms. The first-order chi connectivity index (χ1) is 13.3. The molecule has 0 aliphatic carbocycles. The third-order valence-corrected chi connectivity index (χ3v) is 4.08. The molecule has 12 heteroatoms. The Morgan fingerprint density at radius 2 is 1.90 bits per heavy atom. The normalized spacial score (nSPS) is 14.8. The van der Waals surface area contributed by atoms with Crippen molar-refractivity contribution in [2.75, 3.05) is 31.6 Å². The summed E-state index contributed by atoms with van der Waals surface area (Å²) in [5, 5.41) is 5.04. The Morgan fingerprint density at radius 3 is 2.52 bits per heavy atom. The largest absolute Gasteiger partial charge is 0.450 e. The fourth-order valence-corrected chi connectivity index (χ4v) is 2.65. The zero-order valence-corrected chi connectivity index (χ0v) is 18.0. The van der Waals surface area contributed by atoms with Gasteiger partial charge in [-0.2, -0.15) is 0 Å². The number of benzene rings is 1. The van der Waals surface area contributed by atoms with Crippen LogP contribution in [0.2, 0.25) is 0 Å². The van der Waals surface area contributed by atoms with E-state index >= 15 is 0 Å². The summed E-state index contributed by atoms with van der Waals surface area (Å²) in [5.74, 6) is -5.24. The Labute approximate surface area is 183 Å². The van der Waals surface area contributed by atoms with E-state index in [1.54, 1.807) is 11.8 Å². The second-order valence-corrected chi connectivity index (χ2v) is 6.08. The number of nitrogens with two attached hydrogens (primary N) is 1. The van der Waals surface area contributed by atoms with Crippen molar-refractivity contribution >= 4 is 47.6 Å². The highest BCUT2D eigenvalue weighted by molar-refractivity contribution is 14.0. The first-order valence-electron chi connectivity index (χ1n) is 8.73. The topological polar surface area (TPSA) is 109 Å². The molecule has 162 valence electrons. The maximum absolute atomic E-state index is 13.5. The summed E-state index contributed by atoms with van der Waals surface area (Å²) in [4.78, 5) is 28.9. The number of hydrogen-bond acceptors (Lipinski definition) is 4. The van der Waals surface area contributed by atoms with E-state index in [0.29, 0.717) is 38.6 Å². The van der Waals surface area contributed by atoms with E-state index < -0.39 is 35.6 Å². The quantitative estimate of drug-likeness (QED) is 0.235. The van der Waals surface area contributed by atoms with E-state index in [-0.39, 0.29) is 42.1 Å².